The second-order valence-corrected chi connectivity index (χ2v) is 5.04. The predicted molar refractivity (Wildman–Crippen MR) is 81.4 cm³/mol. The van der Waals surface area contributed by atoms with Gasteiger partial charge in [0, 0.05) is 36.7 Å². The van der Waals surface area contributed by atoms with Gasteiger partial charge in [0.25, 0.3) is 0 Å². The molecule has 0 atom stereocenters. The Labute approximate surface area is 122 Å². The summed E-state index contributed by atoms with van der Waals surface area (Å²) in [5.74, 6) is 1.07. The Balaban J connectivity index is 2.67. The fourth-order valence-electron chi connectivity index (χ4n) is 2.35. The lowest BCUT2D eigenvalue weighted by Gasteiger charge is -2.17. The second kappa shape index (κ2) is 8.00. The van der Waals surface area contributed by atoms with Gasteiger partial charge in [-0.2, -0.15) is 0 Å². The quantitative estimate of drug-likeness (QED) is 0.733. The summed E-state index contributed by atoms with van der Waals surface area (Å²) in [6.07, 6.45) is 2.75. The molecule has 0 aliphatic rings. The van der Waals surface area contributed by atoms with Crippen molar-refractivity contribution in [3.63, 3.8) is 0 Å². The highest BCUT2D eigenvalue weighted by molar-refractivity contribution is 5.81. The molecular formula is C16H26N2O2. The molecule has 4 nitrogen and oxygen atoms in total. The molecule has 1 heterocycles. The van der Waals surface area contributed by atoms with Gasteiger partial charge in [0.2, 0.25) is 0 Å². The third-order valence-corrected chi connectivity index (χ3v) is 3.72. The predicted octanol–water partition coefficient (Wildman–Crippen LogP) is 2.55. The average molecular weight is 278 g/mol. The molecule has 1 rings (SSSR count). The molecule has 1 aromatic rings. The molecule has 0 radical (unpaired) electrons. The zero-order chi connectivity index (χ0) is 15.1. The minimum atomic E-state index is 0.235. The molecule has 0 fully saturated rings. The third-order valence-electron chi connectivity index (χ3n) is 3.72. The highest BCUT2D eigenvalue weighted by atomic mass is 16.5. The normalized spacial score (nSPS) is 10.9. The van der Waals surface area contributed by atoms with E-state index in [0.717, 1.165) is 42.2 Å². The van der Waals surface area contributed by atoms with Gasteiger partial charge in [-0.1, -0.05) is 13.8 Å². The summed E-state index contributed by atoms with van der Waals surface area (Å²) in [6, 6.07) is 0. The van der Waals surface area contributed by atoms with E-state index in [4.69, 9.17) is 4.74 Å². The standard InChI is InChI=1S/C16H26N2O2/c1-6-18(7-2)9-8-14(19)10-15-13(4)16(20-5)12(3)11-17-15/h11H,6-10H2,1-5H3. The first-order valence-corrected chi connectivity index (χ1v) is 7.26. The lowest BCUT2D eigenvalue weighted by Crippen LogP contribution is -2.26. The number of hydrogen-bond donors (Lipinski definition) is 0. The van der Waals surface area contributed by atoms with E-state index in [2.05, 4.69) is 23.7 Å². The first kappa shape index (κ1) is 16.6. The summed E-state index contributed by atoms with van der Waals surface area (Å²) < 4.78 is 5.37. The van der Waals surface area contributed by atoms with E-state index in [9.17, 15) is 4.79 Å². The number of carbonyl (C=O) groups is 1. The third kappa shape index (κ3) is 4.30. The Morgan fingerprint density at radius 3 is 2.50 bits per heavy atom. The van der Waals surface area contributed by atoms with Gasteiger partial charge >= 0.3 is 0 Å². The molecule has 0 amide bonds. The van der Waals surface area contributed by atoms with Crippen molar-refractivity contribution >= 4 is 5.78 Å². The number of rotatable bonds is 8. The Morgan fingerprint density at radius 1 is 1.30 bits per heavy atom. The van der Waals surface area contributed by atoms with Crippen LogP contribution in [0.3, 0.4) is 0 Å². The molecule has 1 aromatic heterocycles. The number of ether oxygens (including phenoxy) is 1. The number of pyridine rings is 1. The van der Waals surface area contributed by atoms with E-state index in [1.807, 2.05) is 13.8 Å². The largest absolute Gasteiger partial charge is 0.496 e. The first-order chi connectivity index (χ1) is 9.53. The SMILES string of the molecule is CCN(CC)CCC(=O)Cc1ncc(C)c(OC)c1C. The minimum Gasteiger partial charge on any atom is -0.496 e. The molecule has 112 valence electrons. The fourth-order valence-corrected chi connectivity index (χ4v) is 2.35. The van der Waals surface area contributed by atoms with Crippen molar-refractivity contribution in [2.75, 3.05) is 26.7 Å². The maximum absolute atomic E-state index is 12.1. The molecule has 0 saturated carbocycles. The van der Waals surface area contributed by atoms with Crippen LogP contribution in [0.15, 0.2) is 6.20 Å². The topological polar surface area (TPSA) is 42.4 Å². The maximum atomic E-state index is 12.1. The van der Waals surface area contributed by atoms with E-state index < -0.39 is 0 Å². The van der Waals surface area contributed by atoms with Gasteiger partial charge < -0.3 is 9.64 Å². The summed E-state index contributed by atoms with van der Waals surface area (Å²) in [4.78, 5) is 18.7. The summed E-state index contributed by atoms with van der Waals surface area (Å²) >= 11 is 0. The molecular weight excluding hydrogens is 252 g/mol. The number of aryl methyl sites for hydroxylation is 1. The van der Waals surface area contributed by atoms with Gasteiger partial charge in [-0.05, 0) is 26.9 Å². The molecule has 0 N–H and O–H groups in total. The Hall–Kier alpha value is -1.42. The molecule has 0 spiro atoms. The molecule has 0 aromatic carbocycles. The summed E-state index contributed by atoms with van der Waals surface area (Å²) in [6.45, 7) is 11.0. The summed E-state index contributed by atoms with van der Waals surface area (Å²) in [5.41, 5.74) is 2.81. The number of ketones is 1. The first-order valence-electron chi connectivity index (χ1n) is 7.26. The number of hydrogen-bond acceptors (Lipinski definition) is 4. The van der Waals surface area contributed by atoms with Crippen LogP contribution in [0.1, 0.15) is 37.1 Å². The number of carbonyl (C=O) groups excluding carboxylic acids is 1. The van der Waals surface area contributed by atoms with Crippen LogP contribution in [0, 0.1) is 13.8 Å². The maximum Gasteiger partial charge on any atom is 0.140 e. The van der Waals surface area contributed by atoms with Crippen LogP contribution in [0.4, 0.5) is 0 Å². The number of nitrogens with zero attached hydrogens (tertiary/aromatic N) is 2. The van der Waals surface area contributed by atoms with Gasteiger partial charge in [-0.3, -0.25) is 9.78 Å². The highest BCUT2D eigenvalue weighted by Gasteiger charge is 2.13. The van der Waals surface area contributed by atoms with E-state index in [1.54, 1.807) is 13.3 Å². The Morgan fingerprint density at radius 2 is 1.95 bits per heavy atom. The molecule has 0 aliphatic heterocycles. The second-order valence-electron chi connectivity index (χ2n) is 5.04. The molecule has 0 unspecified atom stereocenters. The van der Waals surface area contributed by atoms with Crippen LogP contribution in [0.2, 0.25) is 0 Å². The lowest BCUT2D eigenvalue weighted by molar-refractivity contribution is -0.118. The van der Waals surface area contributed by atoms with Gasteiger partial charge in [0.05, 0.1) is 12.8 Å². The summed E-state index contributed by atoms with van der Waals surface area (Å²) in [7, 11) is 1.65. The average Bonchev–Trinajstić information content (AvgIpc) is 2.44. The van der Waals surface area contributed by atoms with Gasteiger partial charge in [-0.25, -0.2) is 0 Å². The van der Waals surface area contributed by atoms with Crippen LogP contribution in [-0.4, -0.2) is 42.4 Å². The van der Waals surface area contributed by atoms with Crippen LogP contribution in [0.5, 0.6) is 5.75 Å². The summed E-state index contributed by atoms with van der Waals surface area (Å²) in [5, 5.41) is 0. The highest BCUT2D eigenvalue weighted by Crippen LogP contribution is 2.24. The van der Waals surface area contributed by atoms with Crippen molar-refractivity contribution in [1.29, 1.82) is 0 Å². The van der Waals surface area contributed by atoms with E-state index in [1.165, 1.54) is 0 Å². The molecule has 4 heteroatoms. The van der Waals surface area contributed by atoms with Crippen molar-refractivity contribution < 1.29 is 9.53 Å². The van der Waals surface area contributed by atoms with Crippen LogP contribution >= 0.6 is 0 Å². The Kier molecular flexibility index (Phi) is 6.65. The Bertz CT molecular complexity index is 454. The van der Waals surface area contributed by atoms with Crippen molar-refractivity contribution in [2.24, 2.45) is 0 Å². The van der Waals surface area contributed by atoms with Gasteiger partial charge in [0.1, 0.15) is 11.5 Å². The van der Waals surface area contributed by atoms with Crippen LogP contribution < -0.4 is 4.74 Å². The van der Waals surface area contributed by atoms with Gasteiger partial charge in [0.15, 0.2) is 0 Å². The van der Waals surface area contributed by atoms with Crippen molar-refractivity contribution in [2.45, 2.75) is 40.5 Å². The monoisotopic (exact) mass is 278 g/mol. The molecule has 20 heavy (non-hydrogen) atoms. The van der Waals surface area contributed by atoms with Crippen LogP contribution in [-0.2, 0) is 11.2 Å². The number of aromatic nitrogens is 1. The molecule has 0 aliphatic carbocycles. The zero-order valence-electron chi connectivity index (χ0n) is 13.3. The van der Waals surface area contributed by atoms with Crippen molar-refractivity contribution in [3.05, 3.63) is 23.0 Å². The van der Waals surface area contributed by atoms with E-state index >= 15 is 0 Å². The van der Waals surface area contributed by atoms with Gasteiger partial charge in [-0.15, -0.1) is 0 Å². The van der Waals surface area contributed by atoms with Crippen LogP contribution in [0.25, 0.3) is 0 Å². The minimum absolute atomic E-state index is 0.235. The molecule has 0 bridgehead atoms. The molecule has 0 saturated heterocycles. The van der Waals surface area contributed by atoms with E-state index in [-0.39, 0.29) is 5.78 Å². The van der Waals surface area contributed by atoms with E-state index in [0.29, 0.717) is 12.8 Å². The van der Waals surface area contributed by atoms with Crippen molar-refractivity contribution in [3.8, 4) is 5.75 Å². The number of methoxy groups -OCH3 is 1. The zero-order valence-corrected chi connectivity index (χ0v) is 13.3. The lowest BCUT2D eigenvalue weighted by atomic mass is 10.1. The fraction of sp³-hybridized carbons (Fsp3) is 0.625. The number of Topliss-reactive ketones (excluding diaryl/α,β-unsaturated/α-hetero) is 1. The van der Waals surface area contributed by atoms with Crippen molar-refractivity contribution in [1.82, 2.24) is 9.88 Å². The smallest absolute Gasteiger partial charge is 0.140 e.